The molecule has 0 amide bonds. The van der Waals surface area contributed by atoms with E-state index < -0.39 is 11.5 Å². The van der Waals surface area contributed by atoms with Crippen molar-refractivity contribution in [1.29, 1.82) is 0 Å². The van der Waals surface area contributed by atoms with Crippen molar-refractivity contribution in [1.82, 2.24) is 15.1 Å². The number of aromatic nitrogens is 2. The molecule has 2 saturated carbocycles. The van der Waals surface area contributed by atoms with Crippen LogP contribution in [0.2, 0.25) is 0 Å². The van der Waals surface area contributed by atoms with Crippen LogP contribution in [0.4, 0.5) is 0 Å². The smallest absolute Gasteiger partial charge is 0.323 e. The van der Waals surface area contributed by atoms with Crippen molar-refractivity contribution in [2.24, 2.45) is 0 Å². The molecule has 2 unspecified atom stereocenters. The largest absolute Gasteiger partial charge is 0.480 e. The summed E-state index contributed by atoms with van der Waals surface area (Å²) in [6.45, 7) is 6.17. The number of aliphatic carboxylic acids is 1. The zero-order valence-electron chi connectivity index (χ0n) is 12.4. The summed E-state index contributed by atoms with van der Waals surface area (Å²) in [6.07, 6.45) is 4.44. The van der Waals surface area contributed by atoms with Crippen LogP contribution >= 0.6 is 0 Å². The SMILES string of the molecule is Cc1nn(C2CCC(NC3CC3)(C(=O)O)C2)c(C)c1C. The van der Waals surface area contributed by atoms with Crippen molar-refractivity contribution in [3.05, 3.63) is 17.0 Å². The van der Waals surface area contributed by atoms with Gasteiger partial charge in [-0.05, 0) is 58.4 Å². The molecule has 0 spiro atoms. The molecule has 5 nitrogen and oxygen atoms in total. The van der Waals surface area contributed by atoms with Gasteiger partial charge in [-0.25, -0.2) is 0 Å². The Bertz CT molecular complexity index is 548. The molecule has 0 bridgehead atoms. The molecular weight excluding hydrogens is 254 g/mol. The lowest BCUT2D eigenvalue weighted by molar-refractivity contribution is -0.144. The number of rotatable bonds is 4. The summed E-state index contributed by atoms with van der Waals surface area (Å²) >= 11 is 0. The molecule has 2 fully saturated rings. The maximum absolute atomic E-state index is 11.7. The minimum Gasteiger partial charge on any atom is -0.480 e. The van der Waals surface area contributed by atoms with Gasteiger partial charge in [-0.3, -0.25) is 14.8 Å². The summed E-state index contributed by atoms with van der Waals surface area (Å²) in [5.41, 5.74) is 2.69. The first-order chi connectivity index (χ1) is 9.43. The molecule has 2 N–H and O–H groups in total. The van der Waals surface area contributed by atoms with E-state index in [2.05, 4.69) is 24.3 Å². The third-order valence-corrected chi connectivity index (χ3v) is 4.99. The fourth-order valence-corrected chi connectivity index (χ4v) is 3.33. The standard InChI is InChI=1S/C15H23N3O2/c1-9-10(2)17-18(11(9)3)13-6-7-15(8-13,14(19)20)16-12-4-5-12/h12-13,16H,4-8H2,1-3H3,(H,19,20). The van der Waals surface area contributed by atoms with Gasteiger partial charge >= 0.3 is 5.97 Å². The highest BCUT2D eigenvalue weighted by molar-refractivity contribution is 5.79. The Balaban J connectivity index is 1.83. The molecule has 3 rings (SSSR count). The van der Waals surface area contributed by atoms with Crippen LogP contribution in [-0.4, -0.2) is 32.4 Å². The Labute approximate surface area is 119 Å². The number of carbonyl (C=O) groups is 1. The van der Waals surface area contributed by atoms with Crippen LogP contribution in [0.1, 0.15) is 55.1 Å². The molecular formula is C15H23N3O2. The van der Waals surface area contributed by atoms with E-state index in [0.29, 0.717) is 18.9 Å². The zero-order valence-corrected chi connectivity index (χ0v) is 12.4. The second kappa shape index (κ2) is 4.58. The molecule has 2 aliphatic rings. The maximum Gasteiger partial charge on any atom is 0.323 e. The number of aryl methyl sites for hydroxylation is 1. The predicted molar refractivity (Wildman–Crippen MR) is 75.9 cm³/mol. The number of nitrogens with one attached hydrogen (secondary N) is 1. The van der Waals surface area contributed by atoms with E-state index >= 15 is 0 Å². The Kier molecular flexibility index (Phi) is 3.12. The van der Waals surface area contributed by atoms with Gasteiger partial charge in [0.25, 0.3) is 0 Å². The number of carboxylic acids is 1. The quantitative estimate of drug-likeness (QED) is 0.884. The van der Waals surface area contributed by atoms with Crippen LogP contribution in [0.15, 0.2) is 0 Å². The van der Waals surface area contributed by atoms with E-state index in [1.165, 1.54) is 11.3 Å². The lowest BCUT2D eigenvalue weighted by atomic mass is 9.97. The van der Waals surface area contributed by atoms with Gasteiger partial charge in [-0.2, -0.15) is 5.10 Å². The molecule has 0 aromatic carbocycles. The maximum atomic E-state index is 11.7. The first kappa shape index (κ1) is 13.6. The van der Waals surface area contributed by atoms with Gasteiger partial charge in [0.2, 0.25) is 0 Å². The average molecular weight is 277 g/mol. The monoisotopic (exact) mass is 277 g/mol. The average Bonchev–Trinajstić information content (AvgIpc) is 3.04. The molecule has 0 aliphatic heterocycles. The van der Waals surface area contributed by atoms with Crippen molar-refractivity contribution in [2.45, 2.75) is 70.5 Å². The lowest BCUT2D eigenvalue weighted by Crippen LogP contribution is -2.51. The summed E-state index contributed by atoms with van der Waals surface area (Å²) in [6, 6.07) is 0.608. The Morgan fingerprint density at radius 1 is 1.35 bits per heavy atom. The van der Waals surface area contributed by atoms with Crippen LogP contribution in [0.5, 0.6) is 0 Å². The molecule has 20 heavy (non-hydrogen) atoms. The Morgan fingerprint density at radius 3 is 2.55 bits per heavy atom. The van der Waals surface area contributed by atoms with Crippen molar-refractivity contribution in [3.8, 4) is 0 Å². The van der Waals surface area contributed by atoms with Crippen molar-refractivity contribution < 1.29 is 9.90 Å². The highest BCUT2D eigenvalue weighted by atomic mass is 16.4. The summed E-state index contributed by atoms with van der Waals surface area (Å²) in [5, 5.41) is 17.6. The normalized spacial score (nSPS) is 29.9. The van der Waals surface area contributed by atoms with Crippen LogP contribution in [0.25, 0.3) is 0 Å². The topological polar surface area (TPSA) is 67.2 Å². The molecule has 0 saturated heterocycles. The first-order valence-corrected chi connectivity index (χ1v) is 7.46. The molecule has 1 aromatic rings. The van der Waals surface area contributed by atoms with Gasteiger partial charge in [-0.1, -0.05) is 0 Å². The highest BCUT2D eigenvalue weighted by Crippen LogP contribution is 2.41. The van der Waals surface area contributed by atoms with Gasteiger partial charge in [0.05, 0.1) is 11.7 Å². The lowest BCUT2D eigenvalue weighted by Gasteiger charge is -2.26. The van der Waals surface area contributed by atoms with Gasteiger partial charge in [0, 0.05) is 11.7 Å². The van der Waals surface area contributed by atoms with Crippen LogP contribution < -0.4 is 5.32 Å². The molecule has 1 aromatic heterocycles. The fraction of sp³-hybridized carbons (Fsp3) is 0.733. The number of carboxylic acid groups (broad SMARTS) is 1. The van der Waals surface area contributed by atoms with Gasteiger partial charge in [0.15, 0.2) is 0 Å². The van der Waals surface area contributed by atoms with Gasteiger partial charge < -0.3 is 5.11 Å². The third-order valence-electron chi connectivity index (χ3n) is 4.99. The fourth-order valence-electron chi connectivity index (χ4n) is 3.33. The summed E-state index contributed by atoms with van der Waals surface area (Å²) in [5.74, 6) is -0.704. The Morgan fingerprint density at radius 2 is 2.05 bits per heavy atom. The molecule has 2 aliphatic carbocycles. The summed E-state index contributed by atoms with van der Waals surface area (Å²) in [7, 11) is 0. The van der Waals surface area contributed by atoms with E-state index in [0.717, 1.165) is 25.0 Å². The van der Waals surface area contributed by atoms with E-state index in [9.17, 15) is 9.90 Å². The highest BCUT2D eigenvalue weighted by Gasteiger charge is 2.49. The number of hydrogen-bond acceptors (Lipinski definition) is 3. The molecule has 110 valence electrons. The second-order valence-electron chi connectivity index (χ2n) is 6.44. The Hall–Kier alpha value is -1.36. The van der Waals surface area contributed by atoms with Gasteiger partial charge in [-0.15, -0.1) is 0 Å². The van der Waals surface area contributed by atoms with E-state index in [-0.39, 0.29) is 6.04 Å². The van der Waals surface area contributed by atoms with Crippen LogP contribution in [-0.2, 0) is 4.79 Å². The molecule has 5 heteroatoms. The van der Waals surface area contributed by atoms with Crippen molar-refractivity contribution >= 4 is 5.97 Å². The minimum atomic E-state index is -0.744. The number of hydrogen-bond donors (Lipinski definition) is 2. The third kappa shape index (κ3) is 2.14. The second-order valence-corrected chi connectivity index (χ2v) is 6.44. The molecule has 1 heterocycles. The van der Waals surface area contributed by atoms with E-state index in [1.807, 2.05) is 11.6 Å². The van der Waals surface area contributed by atoms with Gasteiger partial charge in [0.1, 0.15) is 5.54 Å². The van der Waals surface area contributed by atoms with Crippen LogP contribution in [0, 0.1) is 20.8 Å². The minimum absolute atomic E-state index is 0.199. The summed E-state index contributed by atoms with van der Waals surface area (Å²) < 4.78 is 2.05. The first-order valence-electron chi connectivity index (χ1n) is 7.46. The van der Waals surface area contributed by atoms with Crippen molar-refractivity contribution in [2.75, 3.05) is 0 Å². The molecule has 0 radical (unpaired) electrons. The van der Waals surface area contributed by atoms with Crippen molar-refractivity contribution in [3.63, 3.8) is 0 Å². The van der Waals surface area contributed by atoms with E-state index in [1.54, 1.807) is 0 Å². The number of nitrogens with zero attached hydrogens (tertiary/aromatic N) is 2. The molecule has 2 atom stereocenters. The zero-order chi connectivity index (χ0) is 14.5. The van der Waals surface area contributed by atoms with Crippen LogP contribution in [0.3, 0.4) is 0 Å². The summed E-state index contributed by atoms with van der Waals surface area (Å²) in [4.78, 5) is 11.7. The van der Waals surface area contributed by atoms with E-state index in [4.69, 9.17) is 0 Å². The predicted octanol–water partition coefficient (Wildman–Crippen LogP) is 2.11.